The third-order valence-corrected chi connectivity index (χ3v) is 6.33. The summed E-state index contributed by atoms with van der Waals surface area (Å²) < 4.78 is 10.4. The van der Waals surface area contributed by atoms with Crippen LogP contribution in [0.4, 0.5) is 0 Å². The molecule has 0 aromatic carbocycles. The molecule has 0 heterocycles. The summed E-state index contributed by atoms with van der Waals surface area (Å²) in [6.07, 6.45) is 4.35. The van der Waals surface area contributed by atoms with Crippen molar-refractivity contribution in [2.24, 2.45) is 14.3 Å². The fraction of sp³-hybridized carbons (Fsp3) is 0.571. The molecule has 0 radical (unpaired) electrons. The summed E-state index contributed by atoms with van der Waals surface area (Å²) in [6, 6.07) is 0. The van der Waals surface area contributed by atoms with Gasteiger partial charge in [0, 0.05) is 0 Å². The van der Waals surface area contributed by atoms with Crippen LogP contribution in [0.2, 0.25) is 0 Å². The first kappa shape index (κ1) is 12.6. The summed E-state index contributed by atoms with van der Waals surface area (Å²) in [4.78, 5) is 30.8. The Morgan fingerprint density at radius 1 is 0.857 bits per heavy atom. The number of isocyanates is 3. The van der Waals surface area contributed by atoms with Gasteiger partial charge in [-0.1, -0.05) is 0 Å². The van der Waals surface area contributed by atoms with E-state index in [1.54, 1.807) is 13.8 Å². The van der Waals surface area contributed by atoms with Gasteiger partial charge in [-0.2, -0.15) is 0 Å². The molecule has 0 bridgehead atoms. The van der Waals surface area contributed by atoms with Crippen LogP contribution in [0.15, 0.2) is 14.3 Å². The van der Waals surface area contributed by atoms with Crippen LogP contribution >= 0.6 is 7.06 Å². The second-order valence-corrected chi connectivity index (χ2v) is 7.09. The Kier molecular flexibility index (Phi) is 4.23. The number of hydrogen-bond acceptors (Lipinski definition) is 6. The first-order chi connectivity index (χ1) is 6.62. The van der Waals surface area contributed by atoms with Crippen LogP contribution < -0.4 is 0 Å². The van der Waals surface area contributed by atoms with Crippen LogP contribution in [0.1, 0.15) is 13.8 Å². The van der Waals surface area contributed by atoms with E-state index in [2.05, 4.69) is 14.3 Å². The molecule has 7 heteroatoms. The topological polar surface area (TPSA) is 88.3 Å². The zero-order valence-electron chi connectivity index (χ0n) is 7.93. The molecule has 0 rings (SSSR count). The van der Waals surface area contributed by atoms with Gasteiger partial charge in [0.2, 0.25) is 0 Å². The molecule has 0 saturated carbocycles. The van der Waals surface area contributed by atoms with E-state index in [1.165, 1.54) is 18.2 Å². The quantitative estimate of drug-likeness (QED) is 0.393. The van der Waals surface area contributed by atoms with Gasteiger partial charge in [-0.15, -0.1) is 0 Å². The van der Waals surface area contributed by atoms with E-state index in [9.17, 15) is 14.4 Å². The Balaban J connectivity index is 5.92. The Morgan fingerprint density at radius 2 is 1.14 bits per heavy atom. The van der Waals surface area contributed by atoms with E-state index in [-0.39, 0.29) is 12.3 Å². The summed E-state index contributed by atoms with van der Waals surface area (Å²) in [6.45, 7) is 3.29. The van der Waals surface area contributed by atoms with Gasteiger partial charge >= 0.3 is 80.1 Å². The monoisotopic (exact) mass is 215 g/mol. The van der Waals surface area contributed by atoms with Crippen LogP contribution in [0.5, 0.6) is 0 Å². The van der Waals surface area contributed by atoms with Crippen LogP contribution in [-0.4, -0.2) is 30.6 Å². The second-order valence-electron chi connectivity index (χ2n) is 2.55. The molecule has 0 aliphatic rings. The number of hydrogen-bond donors (Lipinski definition) is 0. The third-order valence-electron chi connectivity index (χ3n) is 2.11. The fourth-order valence-corrected chi connectivity index (χ4v) is 2.99. The van der Waals surface area contributed by atoms with Gasteiger partial charge in [0.15, 0.2) is 0 Å². The number of carbonyl (C=O) groups excluding carboxylic acids is 3. The maximum absolute atomic E-state index is 10.3. The summed E-state index contributed by atoms with van der Waals surface area (Å²) >= 11 is 0. The van der Waals surface area contributed by atoms with Crippen LogP contribution in [0.25, 0.3) is 0 Å². The van der Waals surface area contributed by atoms with E-state index >= 15 is 0 Å². The van der Waals surface area contributed by atoms with Gasteiger partial charge in [-0.3, -0.25) is 0 Å². The first-order valence-corrected chi connectivity index (χ1v) is 6.39. The molecular weight excluding hydrogens is 205 g/mol. The Labute approximate surface area is 80.9 Å². The van der Waals surface area contributed by atoms with Crippen molar-refractivity contribution >= 4 is 25.3 Å². The van der Waals surface area contributed by atoms with Crippen LogP contribution in [-0.2, 0) is 14.4 Å². The van der Waals surface area contributed by atoms with Crippen LogP contribution in [0.3, 0.4) is 0 Å². The molecular formula is C7H10N3O3P. The minimum atomic E-state index is -3.66. The van der Waals surface area contributed by atoms with Crippen molar-refractivity contribution in [3.8, 4) is 0 Å². The molecule has 0 aliphatic heterocycles. The van der Waals surface area contributed by atoms with Gasteiger partial charge in [0.1, 0.15) is 0 Å². The van der Waals surface area contributed by atoms with Crippen molar-refractivity contribution in [1.29, 1.82) is 0 Å². The normalized spacial score (nSPS) is 12.3. The minimum absolute atomic E-state index is 0.210. The average molecular weight is 215 g/mol. The van der Waals surface area contributed by atoms with Crippen molar-refractivity contribution < 1.29 is 14.4 Å². The summed E-state index contributed by atoms with van der Waals surface area (Å²) in [5.41, 5.74) is 0. The summed E-state index contributed by atoms with van der Waals surface area (Å²) in [7, 11) is -3.66. The molecule has 0 aliphatic carbocycles. The predicted molar refractivity (Wildman–Crippen MR) is 52.4 cm³/mol. The molecule has 0 aromatic rings. The Bertz CT molecular complexity index is 306. The van der Waals surface area contributed by atoms with E-state index in [1.807, 2.05) is 0 Å². The molecule has 0 spiro atoms. The molecule has 0 amide bonds. The van der Waals surface area contributed by atoms with Crippen molar-refractivity contribution in [2.75, 3.05) is 12.3 Å². The molecule has 76 valence electrons. The zero-order valence-corrected chi connectivity index (χ0v) is 8.82. The van der Waals surface area contributed by atoms with Gasteiger partial charge in [-0.05, 0) is 0 Å². The second kappa shape index (κ2) is 4.71. The molecule has 14 heavy (non-hydrogen) atoms. The number of rotatable bonds is 5. The van der Waals surface area contributed by atoms with Crippen molar-refractivity contribution in [2.45, 2.75) is 13.8 Å². The summed E-state index contributed by atoms with van der Waals surface area (Å²) in [5.74, 6) is 0. The Morgan fingerprint density at radius 3 is 1.29 bits per heavy atom. The number of nitrogens with zero attached hydrogens (tertiary/aromatic N) is 3. The molecule has 0 atom stereocenters. The van der Waals surface area contributed by atoms with Crippen molar-refractivity contribution in [3.05, 3.63) is 0 Å². The van der Waals surface area contributed by atoms with E-state index in [4.69, 9.17) is 0 Å². The van der Waals surface area contributed by atoms with Crippen molar-refractivity contribution in [3.63, 3.8) is 0 Å². The maximum atomic E-state index is 10.3. The third kappa shape index (κ3) is 2.08. The molecule has 0 aromatic heterocycles. The molecule has 0 N–H and O–H groups in total. The van der Waals surface area contributed by atoms with Gasteiger partial charge in [0.25, 0.3) is 0 Å². The van der Waals surface area contributed by atoms with E-state index in [0.717, 1.165) is 0 Å². The Hall–Kier alpha value is -1.43. The molecule has 0 unspecified atom stereocenters. The van der Waals surface area contributed by atoms with Gasteiger partial charge < -0.3 is 0 Å². The standard InChI is InChI=1S/C7H10N3O3P/c1-3-14(4-2,8-5-11,9-6-12)10-7-13/h3-4H2,1-2H3. The predicted octanol–water partition coefficient (Wildman–Crippen LogP) is 1.33. The molecule has 0 saturated heterocycles. The van der Waals surface area contributed by atoms with Crippen molar-refractivity contribution in [1.82, 2.24) is 0 Å². The molecule has 0 fully saturated rings. The zero-order chi connectivity index (χ0) is 11.1. The summed E-state index contributed by atoms with van der Waals surface area (Å²) in [5, 5.41) is 0. The van der Waals surface area contributed by atoms with E-state index < -0.39 is 7.06 Å². The van der Waals surface area contributed by atoms with Crippen LogP contribution in [0, 0.1) is 0 Å². The first-order valence-electron chi connectivity index (χ1n) is 3.93. The van der Waals surface area contributed by atoms with E-state index in [0.29, 0.717) is 0 Å². The van der Waals surface area contributed by atoms with Gasteiger partial charge in [-0.25, -0.2) is 0 Å². The van der Waals surface area contributed by atoms with Gasteiger partial charge in [0.05, 0.1) is 0 Å². The molecule has 6 nitrogen and oxygen atoms in total. The average Bonchev–Trinajstić information content (AvgIpc) is 2.19. The fourth-order valence-electron chi connectivity index (χ4n) is 0.998. The SMILES string of the molecule is CCP(CC)(N=C=O)(N=C=O)N=C=O.